The van der Waals surface area contributed by atoms with Gasteiger partial charge in [-0.2, -0.15) is 0 Å². The average molecular weight is 338 g/mol. The molecule has 0 aliphatic rings. The predicted molar refractivity (Wildman–Crippen MR) is 88.9 cm³/mol. The molecule has 1 N–H and O–H groups in total. The highest BCUT2D eigenvalue weighted by molar-refractivity contribution is 6.30. The Morgan fingerprint density at radius 3 is 2.74 bits per heavy atom. The summed E-state index contributed by atoms with van der Waals surface area (Å²) in [6, 6.07) is 8.53. The first-order valence-corrected chi connectivity index (χ1v) is 7.66. The standard InChI is InChI=1S/C16H20ClN3O3/c1-11-10-15(19-23-11)18-16(21)12(2)20(3)8-9-22-14-6-4-13(17)5-7-14/h4-7,10,12H,8-9H2,1-3H3,(H,18,19,21). The van der Waals surface area contributed by atoms with Crippen molar-refractivity contribution in [2.24, 2.45) is 0 Å². The average Bonchev–Trinajstić information content (AvgIpc) is 2.93. The third kappa shape index (κ3) is 5.26. The summed E-state index contributed by atoms with van der Waals surface area (Å²) in [4.78, 5) is 14.0. The number of carbonyl (C=O) groups excluding carboxylic acids is 1. The Hall–Kier alpha value is -2.05. The van der Waals surface area contributed by atoms with Crippen molar-refractivity contribution in [2.75, 3.05) is 25.5 Å². The molecule has 0 saturated carbocycles. The molecular formula is C16H20ClN3O3. The summed E-state index contributed by atoms with van der Waals surface area (Å²) in [6.45, 7) is 4.67. The highest BCUT2D eigenvalue weighted by atomic mass is 35.5. The van der Waals surface area contributed by atoms with Crippen LogP contribution in [0, 0.1) is 6.92 Å². The van der Waals surface area contributed by atoms with Crippen LogP contribution in [-0.4, -0.2) is 42.2 Å². The molecule has 0 saturated heterocycles. The van der Waals surface area contributed by atoms with E-state index in [2.05, 4.69) is 10.5 Å². The van der Waals surface area contributed by atoms with Gasteiger partial charge >= 0.3 is 0 Å². The number of halogens is 1. The van der Waals surface area contributed by atoms with E-state index in [-0.39, 0.29) is 11.9 Å². The number of likely N-dealkylation sites (N-methyl/N-ethyl adjacent to an activating group) is 1. The fourth-order valence-electron chi connectivity index (χ4n) is 1.89. The van der Waals surface area contributed by atoms with Crippen LogP contribution in [0.15, 0.2) is 34.9 Å². The van der Waals surface area contributed by atoms with Crippen molar-refractivity contribution in [2.45, 2.75) is 19.9 Å². The summed E-state index contributed by atoms with van der Waals surface area (Å²) >= 11 is 5.82. The number of ether oxygens (including phenoxy) is 1. The van der Waals surface area contributed by atoms with Crippen molar-refractivity contribution in [3.05, 3.63) is 41.1 Å². The lowest BCUT2D eigenvalue weighted by Gasteiger charge is -2.23. The number of amides is 1. The molecule has 124 valence electrons. The lowest BCUT2D eigenvalue weighted by Crippen LogP contribution is -2.41. The number of nitrogens with one attached hydrogen (secondary N) is 1. The lowest BCUT2D eigenvalue weighted by molar-refractivity contribution is -0.120. The Labute approximate surface area is 140 Å². The van der Waals surface area contributed by atoms with Crippen molar-refractivity contribution in [3.63, 3.8) is 0 Å². The van der Waals surface area contributed by atoms with Crippen LogP contribution in [-0.2, 0) is 4.79 Å². The van der Waals surface area contributed by atoms with Gasteiger partial charge in [-0.05, 0) is 45.2 Å². The molecule has 23 heavy (non-hydrogen) atoms. The van der Waals surface area contributed by atoms with Crippen molar-refractivity contribution in [1.29, 1.82) is 0 Å². The van der Waals surface area contributed by atoms with E-state index < -0.39 is 0 Å². The number of rotatable bonds is 7. The highest BCUT2D eigenvalue weighted by Crippen LogP contribution is 2.15. The number of aryl methyl sites for hydroxylation is 1. The summed E-state index contributed by atoms with van der Waals surface area (Å²) in [7, 11) is 1.86. The van der Waals surface area contributed by atoms with Crippen LogP contribution >= 0.6 is 11.6 Å². The van der Waals surface area contributed by atoms with Gasteiger partial charge in [0, 0.05) is 17.6 Å². The lowest BCUT2D eigenvalue weighted by atomic mass is 10.2. The number of aromatic nitrogens is 1. The number of hydrogen-bond donors (Lipinski definition) is 1. The fraction of sp³-hybridized carbons (Fsp3) is 0.375. The quantitative estimate of drug-likeness (QED) is 0.841. The van der Waals surface area contributed by atoms with Gasteiger partial charge in [0.15, 0.2) is 5.82 Å². The molecule has 1 aromatic carbocycles. The van der Waals surface area contributed by atoms with E-state index in [0.717, 1.165) is 5.75 Å². The van der Waals surface area contributed by atoms with Gasteiger partial charge in [-0.3, -0.25) is 9.69 Å². The molecule has 1 amide bonds. The van der Waals surface area contributed by atoms with Crippen LogP contribution in [0.25, 0.3) is 0 Å². The van der Waals surface area contributed by atoms with E-state index in [9.17, 15) is 4.79 Å². The summed E-state index contributed by atoms with van der Waals surface area (Å²) < 4.78 is 10.5. The van der Waals surface area contributed by atoms with E-state index in [4.69, 9.17) is 20.9 Å². The molecule has 2 aromatic rings. The monoisotopic (exact) mass is 337 g/mol. The highest BCUT2D eigenvalue weighted by Gasteiger charge is 2.19. The maximum absolute atomic E-state index is 12.1. The Bertz CT molecular complexity index is 642. The summed E-state index contributed by atoms with van der Waals surface area (Å²) in [5, 5.41) is 7.13. The zero-order chi connectivity index (χ0) is 16.8. The van der Waals surface area contributed by atoms with Gasteiger partial charge in [-0.1, -0.05) is 16.8 Å². The SMILES string of the molecule is Cc1cc(NC(=O)C(C)N(C)CCOc2ccc(Cl)cc2)no1. The van der Waals surface area contributed by atoms with E-state index in [1.54, 1.807) is 25.1 Å². The van der Waals surface area contributed by atoms with Crippen molar-refractivity contribution < 1.29 is 14.1 Å². The molecule has 0 aliphatic carbocycles. The Balaban J connectivity index is 1.76. The first kappa shape index (κ1) is 17.3. The van der Waals surface area contributed by atoms with E-state index in [1.807, 2.05) is 31.0 Å². The molecule has 0 fully saturated rings. The van der Waals surface area contributed by atoms with E-state index in [1.165, 1.54) is 0 Å². The molecule has 0 spiro atoms. The van der Waals surface area contributed by atoms with Crippen LogP contribution in [0.5, 0.6) is 5.75 Å². The summed E-state index contributed by atoms with van der Waals surface area (Å²) in [5.41, 5.74) is 0. The Kier molecular flexibility index (Phi) is 6.01. The maximum Gasteiger partial charge on any atom is 0.242 e. The van der Waals surface area contributed by atoms with Gasteiger partial charge in [0.1, 0.15) is 18.1 Å². The second-order valence-corrected chi connectivity index (χ2v) is 5.71. The largest absolute Gasteiger partial charge is 0.492 e. The zero-order valence-corrected chi connectivity index (χ0v) is 14.1. The minimum Gasteiger partial charge on any atom is -0.492 e. The first-order valence-electron chi connectivity index (χ1n) is 7.28. The van der Waals surface area contributed by atoms with Gasteiger partial charge in [0.2, 0.25) is 5.91 Å². The summed E-state index contributed by atoms with van der Waals surface area (Å²) in [6.07, 6.45) is 0. The molecular weight excluding hydrogens is 318 g/mol. The van der Waals surface area contributed by atoms with Crippen LogP contribution in [0.4, 0.5) is 5.82 Å². The van der Waals surface area contributed by atoms with E-state index >= 15 is 0 Å². The molecule has 7 heteroatoms. The second-order valence-electron chi connectivity index (χ2n) is 5.27. The Morgan fingerprint density at radius 1 is 1.43 bits per heavy atom. The van der Waals surface area contributed by atoms with Crippen LogP contribution in [0.3, 0.4) is 0 Å². The van der Waals surface area contributed by atoms with Gasteiger partial charge in [0.05, 0.1) is 6.04 Å². The smallest absolute Gasteiger partial charge is 0.242 e. The van der Waals surface area contributed by atoms with Crippen molar-refractivity contribution in [3.8, 4) is 5.75 Å². The number of benzene rings is 1. The predicted octanol–water partition coefficient (Wildman–Crippen LogP) is 2.97. The maximum atomic E-state index is 12.1. The van der Waals surface area contributed by atoms with Crippen molar-refractivity contribution >= 4 is 23.3 Å². The fourth-order valence-corrected chi connectivity index (χ4v) is 2.01. The molecule has 0 bridgehead atoms. The first-order chi connectivity index (χ1) is 11.0. The Morgan fingerprint density at radius 2 is 2.13 bits per heavy atom. The van der Waals surface area contributed by atoms with E-state index in [0.29, 0.717) is 29.8 Å². The molecule has 0 radical (unpaired) electrons. The number of nitrogens with zero attached hydrogens (tertiary/aromatic N) is 2. The van der Waals surface area contributed by atoms with Gasteiger partial charge in [0.25, 0.3) is 0 Å². The summed E-state index contributed by atoms with van der Waals surface area (Å²) in [5.74, 6) is 1.67. The minimum atomic E-state index is -0.319. The molecule has 2 rings (SSSR count). The third-order valence-electron chi connectivity index (χ3n) is 3.45. The van der Waals surface area contributed by atoms with Crippen LogP contribution in [0.1, 0.15) is 12.7 Å². The molecule has 1 heterocycles. The molecule has 0 aliphatic heterocycles. The molecule has 1 atom stereocenters. The van der Waals surface area contributed by atoms with Crippen LogP contribution < -0.4 is 10.1 Å². The minimum absolute atomic E-state index is 0.146. The second kappa shape index (κ2) is 7.99. The number of anilines is 1. The topological polar surface area (TPSA) is 67.6 Å². The van der Waals surface area contributed by atoms with Crippen molar-refractivity contribution in [1.82, 2.24) is 10.1 Å². The zero-order valence-electron chi connectivity index (χ0n) is 13.4. The molecule has 6 nitrogen and oxygen atoms in total. The van der Waals surface area contributed by atoms with Gasteiger partial charge < -0.3 is 14.6 Å². The number of carbonyl (C=O) groups is 1. The van der Waals surface area contributed by atoms with Gasteiger partial charge in [-0.25, -0.2) is 0 Å². The number of hydrogen-bond acceptors (Lipinski definition) is 5. The molecule has 1 unspecified atom stereocenters. The third-order valence-corrected chi connectivity index (χ3v) is 3.70. The van der Waals surface area contributed by atoms with Gasteiger partial charge in [-0.15, -0.1) is 0 Å². The molecule has 1 aromatic heterocycles. The van der Waals surface area contributed by atoms with Crippen LogP contribution in [0.2, 0.25) is 5.02 Å². The normalized spacial score (nSPS) is 12.2.